The smallest absolute Gasteiger partial charge is 0.108 e. The topological polar surface area (TPSA) is 58.5 Å². The fourth-order valence-corrected chi connectivity index (χ4v) is 9.64. The van der Waals surface area contributed by atoms with Crippen molar-refractivity contribution in [3.05, 3.63) is 47.5 Å². The van der Waals surface area contributed by atoms with E-state index in [2.05, 4.69) is 115 Å². The standard InChI is InChI=1S/2C19H36N3Si.2ClH/c2*1-16-14-17(8-9-19(16)20)21-11-10-18(15-21)22(2,3)12-7-13-23(4,5)6;;/h2*8-9,14,18H,7,10-13,15,20H2,1-6H3;2*1H/q2*+1;;/p-2. The molecule has 276 valence electrons. The van der Waals surface area contributed by atoms with Gasteiger partial charge >= 0.3 is 0 Å². The highest BCUT2D eigenvalue weighted by Gasteiger charge is 2.36. The molecule has 0 spiro atoms. The van der Waals surface area contributed by atoms with Crippen LogP contribution in [0.4, 0.5) is 22.7 Å². The van der Waals surface area contributed by atoms with Crippen LogP contribution in [-0.2, 0) is 0 Å². The Balaban J connectivity index is 0.000000461. The van der Waals surface area contributed by atoms with Crippen LogP contribution in [0.5, 0.6) is 0 Å². The number of rotatable bonds is 12. The second-order valence-corrected chi connectivity index (χ2v) is 29.4. The van der Waals surface area contributed by atoms with E-state index >= 15 is 0 Å². The van der Waals surface area contributed by atoms with Crippen molar-refractivity contribution in [2.45, 2.75) is 103 Å². The van der Waals surface area contributed by atoms with Crippen molar-refractivity contribution in [1.82, 2.24) is 0 Å². The summed E-state index contributed by atoms with van der Waals surface area (Å²) < 4.78 is 2.32. The van der Waals surface area contributed by atoms with Crippen LogP contribution < -0.4 is 46.1 Å². The minimum absolute atomic E-state index is 0. The summed E-state index contributed by atoms with van der Waals surface area (Å²) in [5.41, 5.74) is 18.8. The molecule has 0 aliphatic carbocycles. The maximum absolute atomic E-state index is 5.96. The van der Waals surface area contributed by atoms with Crippen LogP contribution in [0.2, 0.25) is 51.4 Å². The third kappa shape index (κ3) is 13.7. The number of likely N-dealkylation sites (N-methyl/N-ethyl adjacent to an activating group) is 2. The van der Waals surface area contributed by atoms with Crippen LogP contribution in [0.25, 0.3) is 0 Å². The summed E-state index contributed by atoms with van der Waals surface area (Å²) in [6, 6.07) is 17.3. The van der Waals surface area contributed by atoms with E-state index in [1.165, 1.54) is 99.5 Å². The summed E-state index contributed by atoms with van der Waals surface area (Å²) >= 11 is 0. The van der Waals surface area contributed by atoms with Crippen LogP contribution in [-0.4, -0.2) is 105 Å². The molecule has 2 aliphatic rings. The van der Waals surface area contributed by atoms with Crippen molar-refractivity contribution >= 4 is 38.9 Å². The van der Waals surface area contributed by atoms with Gasteiger partial charge < -0.3 is 55.0 Å². The molecule has 2 aromatic carbocycles. The molecule has 48 heavy (non-hydrogen) atoms. The van der Waals surface area contributed by atoms with E-state index in [-0.39, 0.29) is 24.8 Å². The molecule has 2 aliphatic heterocycles. The maximum Gasteiger partial charge on any atom is 0.108 e. The Morgan fingerprint density at radius 3 is 1.25 bits per heavy atom. The zero-order valence-electron chi connectivity index (χ0n) is 32.8. The molecule has 10 heteroatoms. The van der Waals surface area contributed by atoms with Gasteiger partial charge in [-0.1, -0.05) is 51.4 Å². The summed E-state index contributed by atoms with van der Waals surface area (Å²) in [6.45, 7) is 26.4. The van der Waals surface area contributed by atoms with E-state index < -0.39 is 16.1 Å². The summed E-state index contributed by atoms with van der Waals surface area (Å²) in [7, 11) is 7.88. The number of anilines is 4. The highest BCUT2D eigenvalue weighted by atomic mass is 35.5. The first-order chi connectivity index (χ1) is 21.2. The van der Waals surface area contributed by atoms with Crippen LogP contribution in [0.15, 0.2) is 36.4 Å². The molecule has 4 N–H and O–H groups in total. The average molecular weight is 740 g/mol. The third-order valence-electron chi connectivity index (χ3n) is 10.9. The minimum atomic E-state index is -0.907. The number of nitrogen functional groups attached to an aromatic ring is 2. The predicted octanol–water partition coefficient (Wildman–Crippen LogP) is 1.93. The molecule has 0 amide bonds. The minimum Gasteiger partial charge on any atom is -1.00 e. The van der Waals surface area contributed by atoms with Crippen molar-refractivity contribution < 1.29 is 33.8 Å². The fourth-order valence-electron chi connectivity index (χ4n) is 7.21. The van der Waals surface area contributed by atoms with Gasteiger partial charge in [0.2, 0.25) is 0 Å². The van der Waals surface area contributed by atoms with Crippen molar-refractivity contribution in [3.8, 4) is 0 Å². The number of quaternary nitrogens is 2. The van der Waals surface area contributed by atoms with Gasteiger partial charge in [-0.25, -0.2) is 0 Å². The summed E-state index contributed by atoms with van der Waals surface area (Å²) in [4.78, 5) is 5.07. The van der Waals surface area contributed by atoms with Crippen LogP contribution >= 0.6 is 0 Å². The average Bonchev–Trinajstić information content (AvgIpc) is 3.62. The summed E-state index contributed by atoms with van der Waals surface area (Å²) in [6.07, 6.45) is 5.34. The molecule has 0 bridgehead atoms. The maximum atomic E-state index is 5.96. The lowest BCUT2D eigenvalue weighted by Crippen LogP contribution is -3.00. The van der Waals surface area contributed by atoms with Crippen molar-refractivity contribution in [3.63, 3.8) is 0 Å². The van der Waals surface area contributed by atoms with Crippen LogP contribution in [0, 0.1) is 13.8 Å². The lowest BCUT2D eigenvalue weighted by molar-refractivity contribution is -0.912. The number of hydrogen-bond donors (Lipinski definition) is 2. The van der Waals surface area contributed by atoms with Gasteiger partial charge in [-0.2, -0.15) is 0 Å². The SMILES string of the molecule is Cc1cc(N2CCC([N+](C)(C)CCC[Si](C)(C)C)C2)ccc1N.Cc1cc(N2CCC([N+](C)(C)CCC[Si](C)(C)C)C2)ccc1N.[Cl-].[Cl-]. The highest BCUT2D eigenvalue weighted by Crippen LogP contribution is 2.30. The second kappa shape index (κ2) is 18.2. The Morgan fingerprint density at radius 2 is 0.958 bits per heavy atom. The molecule has 2 saturated heterocycles. The molecule has 2 heterocycles. The normalized spacial score (nSPS) is 18.6. The Kier molecular flexibility index (Phi) is 16.9. The fraction of sp³-hybridized carbons (Fsp3) is 0.684. The van der Waals surface area contributed by atoms with Gasteiger partial charge in [0.15, 0.2) is 0 Å². The van der Waals surface area contributed by atoms with E-state index in [1.54, 1.807) is 0 Å². The van der Waals surface area contributed by atoms with Crippen LogP contribution in [0.1, 0.15) is 36.8 Å². The van der Waals surface area contributed by atoms with Gasteiger partial charge in [0.1, 0.15) is 12.1 Å². The molecule has 2 aromatic rings. The van der Waals surface area contributed by atoms with Gasteiger partial charge in [-0.3, -0.25) is 0 Å². The molecule has 6 nitrogen and oxygen atoms in total. The van der Waals surface area contributed by atoms with Crippen molar-refractivity contribution in [2.24, 2.45) is 0 Å². The van der Waals surface area contributed by atoms with Crippen molar-refractivity contribution in [2.75, 3.05) is 88.7 Å². The molecule has 2 atom stereocenters. The Morgan fingerprint density at radius 1 is 0.625 bits per heavy atom. The molecule has 0 saturated carbocycles. The largest absolute Gasteiger partial charge is 1.00 e. The zero-order valence-corrected chi connectivity index (χ0v) is 36.3. The first kappa shape index (κ1) is 44.6. The number of nitrogens with two attached hydrogens (primary N) is 2. The molecular weight excluding hydrogens is 668 g/mol. The first-order valence-corrected chi connectivity index (χ1v) is 25.5. The van der Waals surface area contributed by atoms with Gasteiger partial charge in [0.25, 0.3) is 0 Å². The summed E-state index contributed by atoms with van der Waals surface area (Å²) in [5, 5.41) is 0. The monoisotopic (exact) mass is 738 g/mol. The van der Waals surface area contributed by atoms with E-state index in [0.29, 0.717) is 0 Å². The number of halogens is 2. The molecule has 4 rings (SSSR count). The number of hydrogen-bond acceptors (Lipinski definition) is 4. The Hall–Kier alpha value is -1.43. The quantitative estimate of drug-likeness (QED) is 0.199. The van der Waals surface area contributed by atoms with Gasteiger partial charge in [-0.05, 0) is 74.2 Å². The van der Waals surface area contributed by atoms with Gasteiger partial charge in [0.05, 0.1) is 54.4 Å². The number of benzene rings is 2. The van der Waals surface area contributed by atoms with E-state index in [4.69, 9.17) is 11.5 Å². The first-order valence-electron chi connectivity index (χ1n) is 18.0. The molecule has 0 aromatic heterocycles. The van der Waals surface area contributed by atoms with E-state index in [0.717, 1.165) is 32.4 Å². The predicted molar refractivity (Wildman–Crippen MR) is 212 cm³/mol. The molecular formula is C38H72Cl2N6Si2. The Labute approximate surface area is 310 Å². The highest BCUT2D eigenvalue weighted by molar-refractivity contribution is 6.76. The molecule has 0 radical (unpaired) electrons. The second-order valence-electron chi connectivity index (χ2n) is 18.2. The zero-order chi connectivity index (χ0) is 34.5. The molecule has 2 fully saturated rings. The van der Waals surface area contributed by atoms with E-state index in [9.17, 15) is 0 Å². The lowest BCUT2D eigenvalue weighted by atomic mass is 10.1. The van der Waals surface area contributed by atoms with Gasteiger partial charge in [-0.15, -0.1) is 0 Å². The van der Waals surface area contributed by atoms with Crippen LogP contribution in [0.3, 0.4) is 0 Å². The Bertz CT molecular complexity index is 1180. The van der Waals surface area contributed by atoms with Gasteiger partial charge in [0, 0.05) is 64.8 Å². The number of aryl methyl sites for hydroxylation is 2. The summed E-state index contributed by atoms with van der Waals surface area (Å²) in [5.74, 6) is 0. The lowest BCUT2D eigenvalue weighted by Gasteiger charge is -2.37. The van der Waals surface area contributed by atoms with E-state index in [1.807, 2.05) is 12.1 Å². The van der Waals surface area contributed by atoms with Crippen molar-refractivity contribution in [1.29, 1.82) is 0 Å². The third-order valence-corrected chi connectivity index (χ3v) is 14.6. The molecule has 2 unspecified atom stereocenters. The number of nitrogens with zero attached hydrogens (tertiary/aromatic N) is 4.